The highest BCUT2D eigenvalue weighted by Gasteiger charge is 2.19. The lowest BCUT2D eigenvalue weighted by Gasteiger charge is -2.33. The van der Waals surface area contributed by atoms with Gasteiger partial charge in [-0.1, -0.05) is 25.8 Å². The molecule has 0 saturated carbocycles. The van der Waals surface area contributed by atoms with E-state index in [2.05, 4.69) is 35.9 Å². The predicted octanol–water partition coefficient (Wildman–Crippen LogP) is 2.87. The number of hydrogen-bond acceptors (Lipinski definition) is 3. The van der Waals surface area contributed by atoms with E-state index in [0.29, 0.717) is 6.54 Å². The van der Waals surface area contributed by atoms with Gasteiger partial charge in [0, 0.05) is 25.3 Å². The first-order chi connectivity index (χ1) is 8.74. The highest BCUT2D eigenvalue weighted by atomic mass is 15.2. The summed E-state index contributed by atoms with van der Waals surface area (Å²) < 4.78 is 0. The first-order valence-electron chi connectivity index (χ1n) is 7.16. The molecule has 0 bridgehead atoms. The molecule has 2 N–H and O–H groups in total. The third-order valence-corrected chi connectivity index (χ3v) is 4.04. The van der Waals surface area contributed by atoms with Gasteiger partial charge in [0.05, 0.1) is 0 Å². The molecule has 100 valence electrons. The van der Waals surface area contributed by atoms with E-state index in [1.54, 1.807) is 0 Å². The molecule has 1 aliphatic heterocycles. The van der Waals surface area contributed by atoms with Crippen molar-refractivity contribution in [3.05, 3.63) is 23.4 Å². The molecule has 18 heavy (non-hydrogen) atoms. The Balaban J connectivity index is 1.99. The van der Waals surface area contributed by atoms with Crippen LogP contribution in [0.5, 0.6) is 0 Å². The number of anilines is 1. The standard InChI is InChI=1S/C15H25N3/c1-3-4-13-7-9-18(10-8-13)15-6-5-14(11-16)12(2)17-15/h5-6,13H,3-4,7-11,16H2,1-2H3. The fraction of sp³-hybridized carbons (Fsp3) is 0.667. The molecule has 1 aliphatic rings. The average Bonchev–Trinajstić information content (AvgIpc) is 2.40. The summed E-state index contributed by atoms with van der Waals surface area (Å²) in [5.41, 5.74) is 7.90. The lowest BCUT2D eigenvalue weighted by Crippen LogP contribution is -2.34. The summed E-state index contributed by atoms with van der Waals surface area (Å²) in [6.07, 6.45) is 5.32. The molecule has 0 aromatic carbocycles. The van der Waals surface area contributed by atoms with E-state index < -0.39 is 0 Å². The molecule has 1 saturated heterocycles. The summed E-state index contributed by atoms with van der Waals surface area (Å²) in [7, 11) is 0. The third kappa shape index (κ3) is 3.02. The number of hydrogen-bond donors (Lipinski definition) is 1. The molecule has 1 fully saturated rings. The van der Waals surface area contributed by atoms with Crippen LogP contribution in [0.2, 0.25) is 0 Å². The monoisotopic (exact) mass is 247 g/mol. The maximum Gasteiger partial charge on any atom is 0.128 e. The van der Waals surface area contributed by atoms with Gasteiger partial charge in [-0.2, -0.15) is 0 Å². The van der Waals surface area contributed by atoms with E-state index in [4.69, 9.17) is 5.73 Å². The van der Waals surface area contributed by atoms with Crippen molar-refractivity contribution in [2.75, 3.05) is 18.0 Å². The fourth-order valence-electron chi connectivity index (χ4n) is 2.83. The molecule has 0 aliphatic carbocycles. The van der Waals surface area contributed by atoms with Gasteiger partial charge < -0.3 is 10.6 Å². The summed E-state index contributed by atoms with van der Waals surface area (Å²) in [6, 6.07) is 4.24. The molecule has 1 aromatic rings. The highest BCUT2D eigenvalue weighted by molar-refractivity contribution is 5.42. The second-order valence-electron chi connectivity index (χ2n) is 5.34. The summed E-state index contributed by atoms with van der Waals surface area (Å²) in [6.45, 7) is 7.22. The SMILES string of the molecule is CCCC1CCN(c2ccc(CN)c(C)n2)CC1. The van der Waals surface area contributed by atoms with Gasteiger partial charge in [-0.05, 0) is 37.3 Å². The van der Waals surface area contributed by atoms with Crippen LogP contribution in [0.4, 0.5) is 5.82 Å². The number of nitrogens with zero attached hydrogens (tertiary/aromatic N) is 2. The van der Waals surface area contributed by atoms with Gasteiger partial charge >= 0.3 is 0 Å². The first-order valence-corrected chi connectivity index (χ1v) is 7.16. The Kier molecular flexibility index (Phi) is 4.59. The van der Waals surface area contributed by atoms with Crippen LogP contribution in [0.15, 0.2) is 12.1 Å². The number of nitrogens with two attached hydrogens (primary N) is 1. The number of aromatic nitrogens is 1. The van der Waals surface area contributed by atoms with Gasteiger partial charge in [-0.15, -0.1) is 0 Å². The largest absolute Gasteiger partial charge is 0.357 e. The fourth-order valence-corrected chi connectivity index (χ4v) is 2.83. The normalized spacial score (nSPS) is 17.2. The zero-order valence-electron chi connectivity index (χ0n) is 11.7. The summed E-state index contributed by atoms with van der Waals surface area (Å²) in [5.74, 6) is 2.05. The van der Waals surface area contributed by atoms with Gasteiger partial charge in [-0.25, -0.2) is 4.98 Å². The van der Waals surface area contributed by atoms with E-state index in [0.717, 1.165) is 36.1 Å². The Bertz CT molecular complexity index is 381. The minimum atomic E-state index is 0.581. The summed E-state index contributed by atoms with van der Waals surface area (Å²) in [4.78, 5) is 7.10. The molecule has 0 radical (unpaired) electrons. The van der Waals surface area contributed by atoms with Gasteiger partial charge in [0.2, 0.25) is 0 Å². The van der Waals surface area contributed by atoms with Crippen molar-refractivity contribution in [3.63, 3.8) is 0 Å². The minimum absolute atomic E-state index is 0.581. The molecule has 3 nitrogen and oxygen atoms in total. The van der Waals surface area contributed by atoms with E-state index in [9.17, 15) is 0 Å². The maximum absolute atomic E-state index is 5.68. The van der Waals surface area contributed by atoms with Crippen molar-refractivity contribution < 1.29 is 0 Å². The second-order valence-corrected chi connectivity index (χ2v) is 5.34. The molecule has 3 heteroatoms. The number of pyridine rings is 1. The van der Waals surface area contributed by atoms with Crippen LogP contribution in [0.3, 0.4) is 0 Å². The molecular weight excluding hydrogens is 222 g/mol. The topological polar surface area (TPSA) is 42.1 Å². The van der Waals surface area contributed by atoms with Crippen LogP contribution in [0.1, 0.15) is 43.9 Å². The Labute approximate surface area is 110 Å². The van der Waals surface area contributed by atoms with Gasteiger partial charge in [-0.3, -0.25) is 0 Å². The Morgan fingerprint density at radius 3 is 2.61 bits per heavy atom. The lowest BCUT2D eigenvalue weighted by atomic mass is 9.92. The van der Waals surface area contributed by atoms with Crippen molar-refractivity contribution >= 4 is 5.82 Å². The summed E-state index contributed by atoms with van der Waals surface area (Å²) >= 11 is 0. The van der Waals surface area contributed by atoms with Crippen molar-refractivity contribution in [1.29, 1.82) is 0 Å². The highest BCUT2D eigenvalue weighted by Crippen LogP contribution is 2.25. The minimum Gasteiger partial charge on any atom is -0.357 e. The maximum atomic E-state index is 5.68. The number of piperidine rings is 1. The third-order valence-electron chi connectivity index (χ3n) is 4.04. The molecule has 0 spiro atoms. The summed E-state index contributed by atoms with van der Waals surface area (Å²) in [5, 5.41) is 0. The van der Waals surface area contributed by atoms with Gasteiger partial charge in [0.25, 0.3) is 0 Å². The van der Waals surface area contributed by atoms with Crippen molar-refractivity contribution in [1.82, 2.24) is 4.98 Å². The average molecular weight is 247 g/mol. The van der Waals surface area contributed by atoms with E-state index >= 15 is 0 Å². The van der Waals surface area contributed by atoms with E-state index in [-0.39, 0.29) is 0 Å². The van der Waals surface area contributed by atoms with Crippen molar-refractivity contribution in [2.45, 2.75) is 46.1 Å². The molecule has 0 unspecified atom stereocenters. The van der Waals surface area contributed by atoms with Crippen LogP contribution in [0, 0.1) is 12.8 Å². The quantitative estimate of drug-likeness (QED) is 0.889. The molecular formula is C15H25N3. The number of rotatable bonds is 4. The van der Waals surface area contributed by atoms with Crippen LogP contribution in [0.25, 0.3) is 0 Å². The Hall–Kier alpha value is -1.09. The second kappa shape index (κ2) is 6.19. The molecule has 0 amide bonds. The zero-order chi connectivity index (χ0) is 13.0. The van der Waals surface area contributed by atoms with E-state index in [1.165, 1.54) is 25.7 Å². The van der Waals surface area contributed by atoms with Crippen molar-refractivity contribution in [2.24, 2.45) is 11.7 Å². The molecule has 2 rings (SSSR count). The van der Waals surface area contributed by atoms with E-state index in [1.807, 2.05) is 0 Å². The first kappa shape index (κ1) is 13.3. The van der Waals surface area contributed by atoms with Crippen LogP contribution < -0.4 is 10.6 Å². The zero-order valence-corrected chi connectivity index (χ0v) is 11.7. The predicted molar refractivity (Wildman–Crippen MR) is 76.7 cm³/mol. The molecule has 1 aromatic heterocycles. The molecule has 2 heterocycles. The Morgan fingerprint density at radius 2 is 2.06 bits per heavy atom. The Morgan fingerprint density at radius 1 is 1.33 bits per heavy atom. The smallest absolute Gasteiger partial charge is 0.128 e. The van der Waals surface area contributed by atoms with Crippen LogP contribution >= 0.6 is 0 Å². The van der Waals surface area contributed by atoms with Crippen molar-refractivity contribution in [3.8, 4) is 0 Å². The molecule has 0 atom stereocenters. The van der Waals surface area contributed by atoms with Gasteiger partial charge in [0.15, 0.2) is 0 Å². The van der Waals surface area contributed by atoms with Gasteiger partial charge in [0.1, 0.15) is 5.82 Å². The van der Waals surface area contributed by atoms with Crippen LogP contribution in [-0.2, 0) is 6.54 Å². The number of aryl methyl sites for hydroxylation is 1. The lowest BCUT2D eigenvalue weighted by molar-refractivity contribution is 0.377. The van der Waals surface area contributed by atoms with Crippen LogP contribution in [-0.4, -0.2) is 18.1 Å².